The van der Waals surface area contributed by atoms with Crippen LogP contribution in [0.1, 0.15) is 13.2 Å². The van der Waals surface area contributed by atoms with E-state index in [-0.39, 0.29) is 34.8 Å². The summed E-state index contributed by atoms with van der Waals surface area (Å²) in [6, 6.07) is 0. The van der Waals surface area contributed by atoms with Crippen LogP contribution >= 0.6 is 19.6 Å². The highest BCUT2D eigenvalue weighted by Crippen LogP contribution is 2.50. The van der Waals surface area contributed by atoms with Gasteiger partial charge in [-0.15, -0.1) is 0 Å². The number of aromatic amines is 1. The number of amides is 1. The Kier molecular flexibility index (Phi) is 5.61. The van der Waals surface area contributed by atoms with Gasteiger partial charge in [0.25, 0.3) is 13.4 Å². The van der Waals surface area contributed by atoms with Crippen LogP contribution in [0.15, 0.2) is 9.95 Å². The number of aromatic nitrogens is 4. The van der Waals surface area contributed by atoms with Gasteiger partial charge >= 0.3 is 0 Å². The second-order valence-corrected chi connectivity index (χ2v) is 9.01. The molecule has 0 aliphatic carbocycles. The quantitative estimate of drug-likeness (QED) is 0.218. The van der Waals surface area contributed by atoms with E-state index >= 15 is 0 Å². The molecular formula is C14H18N6O8PS-. The molecule has 2 fully saturated rings. The monoisotopic (exact) mass is 461 g/mol. The van der Waals surface area contributed by atoms with Crippen molar-refractivity contribution >= 4 is 42.6 Å². The lowest BCUT2D eigenvalue weighted by molar-refractivity contribution is -0.245. The molecular weight excluding hydrogens is 443 g/mol. The van der Waals surface area contributed by atoms with E-state index in [1.807, 2.05) is 0 Å². The average molecular weight is 461 g/mol. The Labute approximate surface area is 172 Å². The number of imidazole rings is 1. The van der Waals surface area contributed by atoms with E-state index in [0.717, 1.165) is 0 Å². The summed E-state index contributed by atoms with van der Waals surface area (Å²) in [5.41, 5.74) is 5.08. The SMILES string of the molecule is CC(=O)NCCSc1nc2c(=O)[nH]c(N)nc2n1[C@@H]1OC2COP(=O)([O-])O[C@H]2C1O. The largest absolute Gasteiger partial charge is 0.756 e. The van der Waals surface area contributed by atoms with Crippen LogP contribution in [-0.2, 0) is 23.1 Å². The molecule has 3 unspecified atom stereocenters. The van der Waals surface area contributed by atoms with Gasteiger partial charge in [-0.1, -0.05) is 11.8 Å². The minimum Gasteiger partial charge on any atom is -0.756 e. The summed E-state index contributed by atoms with van der Waals surface area (Å²) in [6.07, 6.45) is -4.64. The van der Waals surface area contributed by atoms with Gasteiger partial charge in [0.2, 0.25) is 11.9 Å². The number of rotatable bonds is 5. The Balaban J connectivity index is 1.71. The van der Waals surface area contributed by atoms with Crippen molar-refractivity contribution in [2.75, 3.05) is 24.6 Å². The summed E-state index contributed by atoms with van der Waals surface area (Å²) in [5.74, 6) is 0.0197. The Morgan fingerprint density at radius 2 is 2.30 bits per heavy atom. The van der Waals surface area contributed by atoms with E-state index in [1.54, 1.807) is 0 Å². The van der Waals surface area contributed by atoms with Crippen LogP contribution in [0.5, 0.6) is 0 Å². The van der Waals surface area contributed by atoms with Crippen LogP contribution < -0.4 is 21.5 Å². The minimum absolute atomic E-state index is 0.0384. The summed E-state index contributed by atoms with van der Waals surface area (Å²) < 4.78 is 28.2. The number of hydrogen-bond acceptors (Lipinski definition) is 12. The zero-order chi connectivity index (χ0) is 21.6. The van der Waals surface area contributed by atoms with Crippen molar-refractivity contribution in [2.45, 2.75) is 36.6 Å². The molecule has 0 spiro atoms. The van der Waals surface area contributed by atoms with E-state index in [0.29, 0.717) is 12.3 Å². The van der Waals surface area contributed by atoms with Crippen molar-refractivity contribution < 1.29 is 33.1 Å². The zero-order valence-electron chi connectivity index (χ0n) is 15.5. The fourth-order valence-corrected chi connectivity index (χ4v) is 5.04. The van der Waals surface area contributed by atoms with Gasteiger partial charge in [-0.2, -0.15) is 4.98 Å². The maximum atomic E-state index is 12.3. The standard InChI is InChI=1S/C14H19N6O8PS/c1-5(21)16-2-3-30-14-17-7-10(18-13(15)19-11(7)23)20(14)12-8(22)9-6(27-12)4-26-29(24,25)28-9/h6,8-9,12,22H,2-4H2,1H3,(H,16,21)(H,24,25)(H3,15,18,19,23)/p-1/t6?,8?,9-,12-/m1/s1. The number of nitrogens with one attached hydrogen (secondary N) is 2. The highest BCUT2D eigenvalue weighted by atomic mass is 32.2. The molecule has 0 saturated carbocycles. The highest BCUT2D eigenvalue weighted by molar-refractivity contribution is 7.99. The first-order chi connectivity index (χ1) is 14.2. The number of H-pyrrole nitrogens is 1. The van der Waals surface area contributed by atoms with Crippen LogP contribution in [0, 0.1) is 0 Å². The smallest absolute Gasteiger partial charge is 0.280 e. The van der Waals surface area contributed by atoms with Gasteiger partial charge in [0, 0.05) is 19.2 Å². The number of anilines is 1. The topological polar surface area (TPSA) is 207 Å². The number of aliphatic hydroxyl groups excluding tert-OH is 1. The third-order valence-corrected chi connectivity index (χ3v) is 6.38. The number of fused-ring (bicyclic) bond motifs is 2. The fraction of sp³-hybridized carbons (Fsp3) is 0.571. The molecule has 164 valence electrons. The Hall–Kier alpha value is -2.00. The first-order valence-electron chi connectivity index (χ1n) is 8.79. The Bertz CT molecular complexity index is 1090. The number of phosphoric acid groups is 1. The van der Waals surface area contributed by atoms with Gasteiger partial charge in [0.15, 0.2) is 22.5 Å². The lowest BCUT2D eigenvalue weighted by Crippen LogP contribution is -2.41. The maximum absolute atomic E-state index is 12.3. The molecule has 2 aromatic heterocycles. The Morgan fingerprint density at radius 1 is 1.53 bits per heavy atom. The van der Waals surface area contributed by atoms with Gasteiger partial charge in [0.1, 0.15) is 18.3 Å². The molecule has 16 heteroatoms. The van der Waals surface area contributed by atoms with Crippen LogP contribution in [-0.4, -0.2) is 67.7 Å². The minimum atomic E-state index is -4.56. The molecule has 2 saturated heterocycles. The van der Waals surface area contributed by atoms with Crippen LogP contribution in [0.25, 0.3) is 11.2 Å². The number of nitrogens with two attached hydrogens (primary N) is 1. The van der Waals surface area contributed by atoms with E-state index in [1.165, 1.54) is 23.3 Å². The van der Waals surface area contributed by atoms with Crippen LogP contribution in [0.3, 0.4) is 0 Å². The van der Waals surface area contributed by atoms with Crippen molar-refractivity contribution in [3.8, 4) is 0 Å². The average Bonchev–Trinajstić information content (AvgIpc) is 3.16. The third-order valence-electron chi connectivity index (χ3n) is 4.46. The third kappa shape index (κ3) is 3.97. The van der Waals surface area contributed by atoms with Gasteiger partial charge in [-0.25, -0.2) is 4.98 Å². The number of aliphatic hydroxyl groups is 1. The number of hydrogen-bond donors (Lipinski definition) is 4. The van der Waals surface area contributed by atoms with E-state index in [4.69, 9.17) is 15.0 Å². The molecule has 2 aliphatic rings. The van der Waals surface area contributed by atoms with E-state index in [9.17, 15) is 24.2 Å². The van der Waals surface area contributed by atoms with E-state index < -0.39 is 37.9 Å². The summed E-state index contributed by atoms with van der Waals surface area (Å²) in [5, 5.41) is 13.6. The molecule has 1 amide bonds. The molecule has 14 nitrogen and oxygen atoms in total. The Morgan fingerprint density at radius 3 is 3.03 bits per heavy atom. The molecule has 5 atom stereocenters. The normalized spacial score (nSPS) is 31.0. The van der Waals surface area contributed by atoms with Crippen molar-refractivity contribution in [3.63, 3.8) is 0 Å². The number of carbonyl (C=O) groups is 1. The molecule has 4 rings (SSSR count). The molecule has 0 aromatic carbocycles. The zero-order valence-corrected chi connectivity index (χ0v) is 17.2. The summed E-state index contributed by atoms with van der Waals surface area (Å²) in [4.78, 5) is 45.7. The summed E-state index contributed by atoms with van der Waals surface area (Å²) >= 11 is 1.18. The molecule has 2 aliphatic heterocycles. The highest BCUT2D eigenvalue weighted by Gasteiger charge is 2.51. The molecule has 30 heavy (non-hydrogen) atoms. The van der Waals surface area contributed by atoms with Gasteiger partial charge < -0.3 is 34.8 Å². The predicted octanol–water partition coefficient (Wildman–Crippen LogP) is -1.93. The predicted molar refractivity (Wildman–Crippen MR) is 100 cm³/mol. The second-order valence-electron chi connectivity index (χ2n) is 6.59. The number of ether oxygens (including phenoxy) is 1. The van der Waals surface area contributed by atoms with Gasteiger partial charge in [-0.05, 0) is 0 Å². The van der Waals surface area contributed by atoms with Crippen LogP contribution in [0.2, 0.25) is 0 Å². The lowest BCUT2D eigenvalue weighted by atomic mass is 10.1. The van der Waals surface area contributed by atoms with Crippen molar-refractivity contribution in [2.24, 2.45) is 0 Å². The molecule has 5 N–H and O–H groups in total. The summed E-state index contributed by atoms with van der Waals surface area (Å²) in [7, 11) is -4.56. The van der Waals surface area contributed by atoms with Crippen LogP contribution in [0.4, 0.5) is 5.95 Å². The fourth-order valence-electron chi connectivity index (χ4n) is 3.22. The molecule has 2 aromatic rings. The number of phosphoric ester groups is 1. The first-order valence-corrected chi connectivity index (χ1v) is 11.2. The molecule has 0 bridgehead atoms. The van der Waals surface area contributed by atoms with Crippen molar-refractivity contribution in [1.29, 1.82) is 0 Å². The molecule has 0 radical (unpaired) electrons. The van der Waals surface area contributed by atoms with E-state index in [2.05, 4.69) is 24.8 Å². The number of nitrogen functional groups attached to an aromatic ring is 1. The van der Waals surface area contributed by atoms with Gasteiger partial charge in [0.05, 0.1) is 6.61 Å². The number of thioether (sulfide) groups is 1. The lowest BCUT2D eigenvalue weighted by Gasteiger charge is -2.34. The first kappa shape index (κ1) is 21.2. The number of carbonyl (C=O) groups excluding carboxylic acids is 1. The van der Waals surface area contributed by atoms with Gasteiger partial charge in [-0.3, -0.25) is 23.7 Å². The van der Waals surface area contributed by atoms with Crippen molar-refractivity contribution in [1.82, 2.24) is 24.8 Å². The maximum Gasteiger partial charge on any atom is 0.280 e. The summed E-state index contributed by atoms with van der Waals surface area (Å²) in [6.45, 7) is 1.38. The molecule has 4 heterocycles. The van der Waals surface area contributed by atoms with Crippen molar-refractivity contribution in [3.05, 3.63) is 10.4 Å². The number of nitrogens with zero attached hydrogens (tertiary/aromatic N) is 3. The second kappa shape index (κ2) is 7.92.